The normalized spacial score (nSPS) is 12.9. The van der Waals surface area contributed by atoms with Crippen molar-refractivity contribution in [2.45, 2.75) is 6.42 Å². The fraction of sp³-hybridized carbons (Fsp3) is 0.125. The molecule has 21 heavy (non-hydrogen) atoms. The molecule has 1 heterocycles. The van der Waals surface area contributed by atoms with Gasteiger partial charge in [0.25, 0.3) is 5.91 Å². The van der Waals surface area contributed by atoms with Gasteiger partial charge in [0.05, 0.1) is 10.6 Å². The highest BCUT2D eigenvalue weighted by molar-refractivity contribution is 6.34. The van der Waals surface area contributed by atoms with Gasteiger partial charge in [-0.05, 0) is 30.2 Å². The van der Waals surface area contributed by atoms with Gasteiger partial charge in [-0.15, -0.1) is 0 Å². The van der Waals surface area contributed by atoms with E-state index in [0.717, 1.165) is 17.7 Å². The Morgan fingerprint density at radius 2 is 1.76 bits per heavy atom. The number of nitrogens with one attached hydrogen (secondary N) is 1. The van der Waals surface area contributed by atoms with Crippen LogP contribution >= 0.6 is 11.6 Å². The summed E-state index contributed by atoms with van der Waals surface area (Å²) in [6, 6.07) is 13.9. The first-order chi connectivity index (χ1) is 10.2. The van der Waals surface area contributed by atoms with Gasteiger partial charge in [0.2, 0.25) is 0 Å². The minimum absolute atomic E-state index is 0.292. The molecule has 0 aliphatic carbocycles. The van der Waals surface area contributed by atoms with Gasteiger partial charge in [-0.3, -0.25) is 15.0 Å². The van der Waals surface area contributed by atoms with Crippen LogP contribution in [0.5, 0.6) is 0 Å². The van der Waals surface area contributed by atoms with Gasteiger partial charge in [-0.2, -0.15) is 0 Å². The Morgan fingerprint density at radius 1 is 1.05 bits per heavy atom. The average Bonchev–Trinajstić information content (AvgIpc) is 2.91. The van der Waals surface area contributed by atoms with Crippen LogP contribution < -0.4 is 10.2 Å². The lowest BCUT2D eigenvalue weighted by atomic mass is 10.2. The second-order valence-electron chi connectivity index (χ2n) is 4.77. The lowest BCUT2D eigenvalue weighted by molar-refractivity contribution is 0.0966. The van der Waals surface area contributed by atoms with Crippen LogP contribution in [0.15, 0.2) is 48.5 Å². The maximum atomic E-state index is 12.3. The zero-order valence-electron chi connectivity index (χ0n) is 11.2. The molecule has 2 aromatic rings. The Bertz CT molecular complexity index is 715. The third-order valence-corrected chi connectivity index (χ3v) is 3.80. The van der Waals surface area contributed by atoms with Gasteiger partial charge in [0.15, 0.2) is 0 Å². The lowest BCUT2D eigenvalue weighted by Gasteiger charge is -2.17. The van der Waals surface area contributed by atoms with E-state index in [4.69, 9.17) is 11.6 Å². The van der Waals surface area contributed by atoms with E-state index in [1.165, 1.54) is 0 Å². The molecule has 0 fully saturated rings. The van der Waals surface area contributed by atoms with E-state index in [1.807, 2.05) is 24.3 Å². The van der Waals surface area contributed by atoms with Crippen LogP contribution in [0.25, 0.3) is 0 Å². The zero-order chi connectivity index (χ0) is 14.8. The van der Waals surface area contributed by atoms with Crippen LogP contribution in [-0.4, -0.2) is 18.5 Å². The van der Waals surface area contributed by atoms with Crippen molar-refractivity contribution in [2.75, 3.05) is 11.4 Å². The standard InChI is InChI=1S/C16H13ClN2O2/c17-13-7-3-2-6-12(13)15(20)18-16(21)19-10-9-11-5-1-4-8-14(11)19/h1-8H,9-10H2,(H,18,20,21). The maximum absolute atomic E-state index is 12.3. The van der Waals surface area contributed by atoms with Crippen LogP contribution in [0.3, 0.4) is 0 Å². The predicted molar refractivity (Wildman–Crippen MR) is 81.8 cm³/mol. The number of rotatable bonds is 1. The number of urea groups is 1. The highest BCUT2D eigenvalue weighted by Crippen LogP contribution is 2.27. The smallest absolute Gasteiger partial charge is 0.294 e. The van der Waals surface area contributed by atoms with E-state index in [-0.39, 0.29) is 0 Å². The second kappa shape index (κ2) is 5.58. The highest BCUT2D eigenvalue weighted by Gasteiger charge is 2.25. The topological polar surface area (TPSA) is 49.4 Å². The van der Waals surface area contributed by atoms with E-state index in [0.29, 0.717) is 17.1 Å². The average molecular weight is 301 g/mol. The largest absolute Gasteiger partial charge is 0.328 e. The number of carbonyl (C=O) groups is 2. The number of nitrogens with zero attached hydrogens (tertiary/aromatic N) is 1. The predicted octanol–water partition coefficient (Wildman–Crippen LogP) is 3.25. The summed E-state index contributed by atoms with van der Waals surface area (Å²) in [4.78, 5) is 25.9. The fourth-order valence-electron chi connectivity index (χ4n) is 2.43. The van der Waals surface area contributed by atoms with Crippen molar-refractivity contribution in [1.82, 2.24) is 5.32 Å². The molecular formula is C16H13ClN2O2. The number of anilines is 1. The summed E-state index contributed by atoms with van der Waals surface area (Å²) in [5.41, 5.74) is 2.25. The number of hydrogen-bond donors (Lipinski definition) is 1. The third-order valence-electron chi connectivity index (χ3n) is 3.47. The van der Waals surface area contributed by atoms with Gasteiger partial charge in [-0.25, -0.2) is 4.79 Å². The summed E-state index contributed by atoms with van der Waals surface area (Å²) in [5.74, 6) is -0.491. The minimum atomic E-state index is -0.491. The van der Waals surface area contributed by atoms with E-state index < -0.39 is 11.9 Å². The Labute approximate surface area is 127 Å². The summed E-state index contributed by atoms with van der Waals surface area (Å²) in [5, 5.41) is 2.71. The van der Waals surface area contributed by atoms with E-state index in [9.17, 15) is 9.59 Å². The van der Waals surface area contributed by atoms with Crippen molar-refractivity contribution < 1.29 is 9.59 Å². The van der Waals surface area contributed by atoms with E-state index >= 15 is 0 Å². The molecule has 0 aromatic heterocycles. The molecule has 1 aliphatic rings. The van der Waals surface area contributed by atoms with Crippen LogP contribution in [-0.2, 0) is 6.42 Å². The number of carbonyl (C=O) groups excluding carboxylic acids is 2. The molecule has 106 valence electrons. The summed E-state index contributed by atoms with van der Waals surface area (Å²) in [6.45, 7) is 0.570. The van der Waals surface area contributed by atoms with Gasteiger partial charge in [0, 0.05) is 12.2 Å². The zero-order valence-corrected chi connectivity index (χ0v) is 11.9. The monoisotopic (exact) mass is 300 g/mol. The molecule has 0 bridgehead atoms. The van der Waals surface area contributed by atoms with Crippen LogP contribution in [0, 0.1) is 0 Å². The fourth-order valence-corrected chi connectivity index (χ4v) is 2.65. The number of benzene rings is 2. The Kier molecular flexibility index (Phi) is 3.62. The first-order valence-corrected chi connectivity index (χ1v) is 7.00. The maximum Gasteiger partial charge on any atom is 0.328 e. The molecule has 4 nitrogen and oxygen atoms in total. The van der Waals surface area contributed by atoms with Crippen molar-refractivity contribution in [3.8, 4) is 0 Å². The van der Waals surface area contributed by atoms with Gasteiger partial charge >= 0.3 is 6.03 Å². The third kappa shape index (κ3) is 2.62. The number of amides is 3. The molecule has 0 saturated carbocycles. The second-order valence-corrected chi connectivity index (χ2v) is 5.18. The van der Waals surface area contributed by atoms with E-state index in [1.54, 1.807) is 29.2 Å². The van der Waals surface area contributed by atoms with Crippen molar-refractivity contribution in [3.05, 3.63) is 64.7 Å². The first-order valence-electron chi connectivity index (χ1n) is 6.62. The van der Waals surface area contributed by atoms with Gasteiger partial charge in [0.1, 0.15) is 0 Å². The molecule has 0 radical (unpaired) electrons. The molecule has 3 amide bonds. The Balaban J connectivity index is 1.76. The Morgan fingerprint density at radius 3 is 2.57 bits per heavy atom. The molecule has 0 saturated heterocycles. The van der Waals surface area contributed by atoms with Crippen molar-refractivity contribution in [1.29, 1.82) is 0 Å². The quantitative estimate of drug-likeness (QED) is 0.879. The van der Waals surface area contributed by atoms with E-state index in [2.05, 4.69) is 5.32 Å². The molecule has 3 rings (SSSR count). The van der Waals surface area contributed by atoms with Crippen LogP contribution in [0.4, 0.5) is 10.5 Å². The number of fused-ring (bicyclic) bond motifs is 1. The number of para-hydroxylation sites is 1. The molecule has 0 atom stereocenters. The number of halogens is 1. The number of imide groups is 1. The molecule has 1 aliphatic heterocycles. The van der Waals surface area contributed by atoms with Crippen LogP contribution in [0.2, 0.25) is 5.02 Å². The lowest BCUT2D eigenvalue weighted by Crippen LogP contribution is -2.42. The van der Waals surface area contributed by atoms with Crippen molar-refractivity contribution in [2.24, 2.45) is 0 Å². The molecule has 0 spiro atoms. The summed E-state index contributed by atoms with van der Waals surface area (Å²) in [7, 11) is 0. The first kappa shape index (κ1) is 13.6. The van der Waals surface area contributed by atoms with Gasteiger partial charge in [-0.1, -0.05) is 41.9 Å². The van der Waals surface area contributed by atoms with Gasteiger partial charge < -0.3 is 0 Å². The van der Waals surface area contributed by atoms with Crippen molar-refractivity contribution in [3.63, 3.8) is 0 Å². The SMILES string of the molecule is O=C(NC(=O)N1CCc2ccccc21)c1ccccc1Cl. The molecule has 2 aromatic carbocycles. The summed E-state index contributed by atoms with van der Waals surface area (Å²) >= 11 is 5.96. The molecule has 1 N–H and O–H groups in total. The highest BCUT2D eigenvalue weighted by atomic mass is 35.5. The summed E-state index contributed by atoms with van der Waals surface area (Å²) in [6.07, 6.45) is 0.796. The van der Waals surface area contributed by atoms with Crippen molar-refractivity contribution >= 4 is 29.2 Å². The summed E-state index contributed by atoms with van der Waals surface area (Å²) < 4.78 is 0. The molecular weight excluding hydrogens is 288 g/mol. The van der Waals surface area contributed by atoms with Crippen LogP contribution in [0.1, 0.15) is 15.9 Å². The Hall–Kier alpha value is -2.33. The minimum Gasteiger partial charge on any atom is -0.294 e. The number of hydrogen-bond acceptors (Lipinski definition) is 2. The molecule has 5 heteroatoms. The molecule has 0 unspecified atom stereocenters.